The fraction of sp³-hybridized carbons (Fsp3) is 0.500. The number of halogens is 3. The van der Waals surface area contributed by atoms with Crippen LogP contribution >= 0.6 is 0 Å². The summed E-state index contributed by atoms with van der Waals surface area (Å²) >= 11 is 0. The lowest BCUT2D eigenvalue weighted by molar-refractivity contribution is -0.137. The topological polar surface area (TPSA) is 60.5 Å². The molecule has 0 saturated carbocycles. The standard InChI is InChI=1S/C16H19F3N2O3/c1-15(2,3)24-14(22)20-8-6-5-7-11-9-12(16(17,18)19)10-21-13(11)23-4/h9-10H,6,8H2,1-4H3,(H,20,22). The van der Waals surface area contributed by atoms with Crippen LogP contribution in [0.1, 0.15) is 38.3 Å². The number of amides is 1. The van der Waals surface area contributed by atoms with E-state index < -0.39 is 23.4 Å². The van der Waals surface area contributed by atoms with Crippen molar-refractivity contribution in [1.82, 2.24) is 10.3 Å². The second-order valence-corrected chi connectivity index (χ2v) is 5.76. The van der Waals surface area contributed by atoms with Crippen LogP contribution in [-0.2, 0) is 10.9 Å². The van der Waals surface area contributed by atoms with E-state index in [4.69, 9.17) is 9.47 Å². The fourth-order valence-corrected chi connectivity index (χ4v) is 1.56. The van der Waals surface area contributed by atoms with Crippen molar-refractivity contribution in [1.29, 1.82) is 0 Å². The van der Waals surface area contributed by atoms with Gasteiger partial charge in [0.1, 0.15) is 5.60 Å². The Morgan fingerprint density at radius 3 is 2.54 bits per heavy atom. The third-order valence-electron chi connectivity index (χ3n) is 2.51. The van der Waals surface area contributed by atoms with Crippen LogP contribution in [0.4, 0.5) is 18.0 Å². The lowest BCUT2D eigenvalue weighted by Gasteiger charge is -2.19. The van der Waals surface area contributed by atoms with Crippen molar-refractivity contribution in [2.75, 3.05) is 13.7 Å². The molecule has 1 N–H and O–H groups in total. The molecule has 0 unspecified atom stereocenters. The molecule has 0 aliphatic heterocycles. The molecule has 1 aromatic rings. The monoisotopic (exact) mass is 344 g/mol. The molecule has 0 radical (unpaired) electrons. The average Bonchev–Trinajstić information content (AvgIpc) is 2.43. The maximum absolute atomic E-state index is 12.7. The molecule has 0 bridgehead atoms. The van der Waals surface area contributed by atoms with E-state index in [2.05, 4.69) is 22.1 Å². The number of hydrogen-bond donors (Lipinski definition) is 1. The summed E-state index contributed by atoms with van der Waals surface area (Å²) in [6.45, 7) is 5.41. The zero-order valence-corrected chi connectivity index (χ0v) is 13.9. The van der Waals surface area contributed by atoms with Gasteiger partial charge in [0.25, 0.3) is 0 Å². The number of rotatable bonds is 3. The quantitative estimate of drug-likeness (QED) is 0.675. The maximum atomic E-state index is 12.7. The molecule has 8 heteroatoms. The van der Waals surface area contributed by atoms with Crippen LogP contribution in [0.25, 0.3) is 0 Å². The van der Waals surface area contributed by atoms with Crippen molar-refractivity contribution < 1.29 is 27.4 Å². The summed E-state index contributed by atoms with van der Waals surface area (Å²) in [6.07, 6.45) is -4.16. The third-order valence-corrected chi connectivity index (χ3v) is 2.51. The zero-order chi connectivity index (χ0) is 18.4. The van der Waals surface area contributed by atoms with Gasteiger partial charge in [0, 0.05) is 19.2 Å². The molecule has 1 amide bonds. The van der Waals surface area contributed by atoms with E-state index in [1.165, 1.54) is 7.11 Å². The molecule has 1 heterocycles. The number of carbonyl (C=O) groups is 1. The first-order valence-corrected chi connectivity index (χ1v) is 7.10. The van der Waals surface area contributed by atoms with Gasteiger partial charge in [-0.15, -0.1) is 0 Å². The Hall–Kier alpha value is -2.43. The van der Waals surface area contributed by atoms with Gasteiger partial charge in [-0.25, -0.2) is 9.78 Å². The molecule has 1 rings (SSSR count). The Morgan fingerprint density at radius 2 is 2.00 bits per heavy atom. The molecule has 5 nitrogen and oxygen atoms in total. The molecule has 0 saturated heterocycles. The van der Waals surface area contributed by atoms with E-state index in [-0.39, 0.29) is 24.4 Å². The van der Waals surface area contributed by atoms with E-state index in [1.54, 1.807) is 20.8 Å². The van der Waals surface area contributed by atoms with Crippen molar-refractivity contribution in [3.05, 3.63) is 23.4 Å². The number of pyridine rings is 1. The highest BCUT2D eigenvalue weighted by Crippen LogP contribution is 2.30. The van der Waals surface area contributed by atoms with E-state index in [0.29, 0.717) is 6.20 Å². The van der Waals surface area contributed by atoms with Crippen LogP contribution in [-0.4, -0.2) is 30.3 Å². The highest BCUT2D eigenvalue weighted by atomic mass is 19.4. The predicted molar refractivity (Wildman–Crippen MR) is 81.5 cm³/mol. The molecule has 0 atom stereocenters. The first kappa shape index (κ1) is 19.6. The summed E-state index contributed by atoms with van der Waals surface area (Å²) in [6, 6.07) is 0.875. The molecule has 0 spiro atoms. The van der Waals surface area contributed by atoms with Crippen molar-refractivity contribution in [3.8, 4) is 17.7 Å². The Bertz CT molecular complexity index is 641. The van der Waals surface area contributed by atoms with Gasteiger partial charge in [0.05, 0.1) is 18.2 Å². The Kier molecular flexibility index (Phi) is 6.46. The average molecular weight is 344 g/mol. The number of nitrogens with one attached hydrogen (secondary N) is 1. The first-order valence-electron chi connectivity index (χ1n) is 7.10. The van der Waals surface area contributed by atoms with Crippen LogP contribution in [0.2, 0.25) is 0 Å². The summed E-state index contributed by atoms with van der Waals surface area (Å²) in [5.74, 6) is 5.24. The normalized spacial score (nSPS) is 11.3. The number of carbonyl (C=O) groups excluding carboxylic acids is 1. The van der Waals surface area contributed by atoms with E-state index in [9.17, 15) is 18.0 Å². The summed E-state index contributed by atoms with van der Waals surface area (Å²) in [5, 5.41) is 2.50. The smallest absolute Gasteiger partial charge is 0.417 e. The van der Waals surface area contributed by atoms with E-state index >= 15 is 0 Å². The third kappa shape index (κ3) is 6.77. The van der Waals surface area contributed by atoms with Gasteiger partial charge in [0.15, 0.2) is 0 Å². The molecule has 1 aromatic heterocycles. The van der Waals surface area contributed by atoms with Crippen LogP contribution in [0.3, 0.4) is 0 Å². The number of hydrogen-bond acceptors (Lipinski definition) is 4. The number of aromatic nitrogens is 1. The SMILES string of the molecule is COc1ncc(C(F)(F)F)cc1C#CCCNC(=O)OC(C)(C)C. The predicted octanol–water partition coefficient (Wildman–Crippen LogP) is 3.38. The van der Waals surface area contributed by atoms with Crippen molar-refractivity contribution in [2.45, 2.75) is 39.0 Å². The molecule has 0 aliphatic carbocycles. The molecule has 0 aliphatic rings. The van der Waals surface area contributed by atoms with E-state index in [0.717, 1.165) is 6.07 Å². The van der Waals surface area contributed by atoms with Crippen LogP contribution in [0.15, 0.2) is 12.3 Å². The molecule has 0 aromatic carbocycles. The van der Waals surface area contributed by atoms with Crippen molar-refractivity contribution in [2.24, 2.45) is 0 Å². The van der Waals surface area contributed by atoms with Crippen LogP contribution in [0.5, 0.6) is 5.88 Å². The van der Waals surface area contributed by atoms with Gasteiger partial charge < -0.3 is 14.8 Å². The number of ether oxygens (including phenoxy) is 2. The molecule has 0 fully saturated rings. The summed E-state index contributed by atoms with van der Waals surface area (Å²) in [5.41, 5.74) is -1.48. The maximum Gasteiger partial charge on any atom is 0.417 e. The Balaban J connectivity index is 2.67. The van der Waals surface area contributed by atoms with Gasteiger partial charge in [-0.1, -0.05) is 11.8 Å². The number of nitrogens with zero attached hydrogens (tertiary/aromatic N) is 1. The molecular formula is C16H19F3N2O3. The number of methoxy groups -OCH3 is 1. The molecule has 132 valence electrons. The van der Waals surface area contributed by atoms with Crippen LogP contribution in [0, 0.1) is 11.8 Å². The minimum Gasteiger partial charge on any atom is -0.480 e. The van der Waals surface area contributed by atoms with Gasteiger partial charge >= 0.3 is 12.3 Å². The summed E-state index contributed by atoms with van der Waals surface area (Å²) in [4.78, 5) is 15.0. The van der Waals surface area contributed by atoms with Gasteiger partial charge in [-0.3, -0.25) is 0 Å². The largest absolute Gasteiger partial charge is 0.480 e. The minimum atomic E-state index is -4.51. The van der Waals surface area contributed by atoms with Crippen molar-refractivity contribution in [3.63, 3.8) is 0 Å². The minimum absolute atomic E-state index is 0.00982. The van der Waals surface area contributed by atoms with Crippen molar-refractivity contribution >= 4 is 6.09 Å². The summed E-state index contributed by atoms with van der Waals surface area (Å²) in [7, 11) is 1.30. The van der Waals surface area contributed by atoms with E-state index in [1.807, 2.05) is 0 Å². The summed E-state index contributed by atoms with van der Waals surface area (Å²) < 4.78 is 48.0. The second kappa shape index (κ2) is 7.90. The number of alkyl halides is 3. The second-order valence-electron chi connectivity index (χ2n) is 5.76. The van der Waals surface area contributed by atoms with Gasteiger partial charge in [-0.05, 0) is 26.8 Å². The zero-order valence-electron chi connectivity index (χ0n) is 13.9. The number of alkyl carbamates (subject to hydrolysis) is 1. The lowest BCUT2D eigenvalue weighted by atomic mass is 10.2. The highest BCUT2D eigenvalue weighted by Gasteiger charge is 2.31. The molecule has 24 heavy (non-hydrogen) atoms. The molecular weight excluding hydrogens is 325 g/mol. The lowest BCUT2D eigenvalue weighted by Crippen LogP contribution is -2.32. The van der Waals surface area contributed by atoms with Gasteiger partial charge in [-0.2, -0.15) is 13.2 Å². The highest BCUT2D eigenvalue weighted by molar-refractivity contribution is 5.67. The Morgan fingerprint density at radius 1 is 1.33 bits per heavy atom. The van der Waals surface area contributed by atoms with Gasteiger partial charge in [0.2, 0.25) is 5.88 Å². The first-order chi connectivity index (χ1) is 11.0. The fourth-order valence-electron chi connectivity index (χ4n) is 1.56. The van der Waals surface area contributed by atoms with Crippen LogP contribution < -0.4 is 10.1 Å². The Labute approximate surface area is 138 Å².